The lowest BCUT2D eigenvalue weighted by molar-refractivity contribution is -0.143. The van der Waals surface area contributed by atoms with Crippen molar-refractivity contribution in [1.82, 2.24) is 35.2 Å². The summed E-state index contributed by atoms with van der Waals surface area (Å²) in [5.74, 6) is -4.46. The van der Waals surface area contributed by atoms with Gasteiger partial charge in [-0.25, -0.2) is 22.0 Å². The summed E-state index contributed by atoms with van der Waals surface area (Å²) in [4.78, 5) is 58.2. The molecule has 2 aromatic carbocycles. The summed E-state index contributed by atoms with van der Waals surface area (Å²) in [5, 5.41) is 14.2. The molecule has 5 atom stereocenters. The summed E-state index contributed by atoms with van der Waals surface area (Å²) in [5.41, 5.74) is 0.755. The van der Waals surface area contributed by atoms with Crippen LogP contribution in [0.5, 0.6) is 0 Å². The number of cyclic esters (lactones) is 1. The molecule has 1 aromatic heterocycles. The van der Waals surface area contributed by atoms with Gasteiger partial charge in [-0.1, -0.05) is 69.3 Å². The number of carbonyl (C=O) groups excluding carboxylic acids is 4. The van der Waals surface area contributed by atoms with Gasteiger partial charge in [0.25, 0.3) is 5.91 Å². The highest BCUT2D eigenvalue weighted by molar-refractivity contribution is 7.91. The molecule has 6 bridgehead atoms. The third-order valence-corrected chi connectivity index (χ3v) is 12.9. The van der Waals surface area contributed by atoms with Crippen molar-refractivity contribution in [2.75, 3.05) is 13.2 Å². The zero-order chi connectivity index (χ0) is 40.0. The molecule has 2 saturated carbocycles. The average molecular weight is 796 g/mol. The van der Waals surface area contributed by atoms with Crippen LogP contribution in [0.1, 0.15) is 77.3 Å². The van der Waals surface area contributed by atoms with Crippen molar-refractivity contribution in [2.24, 2.45) is 11.3 Å². The number of benzene rings is 2. The number of hydrogen-bond donors (Lipinski definition) is 3. The Labute approximate surface area is 324 Å². The van der Waals surface area contributed by atoms with E-state index in [1.165, 1.54) is 9.70 Å². The Morgan fingerprint density at radius 2 is 1.68 bits per heavy atom. The second-order valence-corrected chi connectivity index (χ2v) is 18.3. The zero-order valence-corrected chi connectivity index (χ0v) is 32.4. The van der Waals surface area contributed by atoms with Gasteiger partial charge in [-0.3, -0.25) is 19.1 Å². The Balaban J connectivity index is 1.28. The molecule has 17 heteroatoms. The second-order valence-electron chi connectivity index (χ2n) is 16.4. The minimum absolute atomic E-state index is 0.0846. The number of carbonyl (C=O) groups is 4. The molecular weight excluding hydrogens is 749 g/mol. The summed E-state index contributed by atoms with van der Waals surface area (Å²) in [7, 11) is -4.13. The number of nitrogens with one attached hydrogen (secondary N) is 3. The van der Waals surface area contributed by atoms with Crippen molar-refractivity contribution in [1.29, 1.82) is 0 Å². The molecule has 3 aromatic rings. The van der Waals surface area contributed by atoms with Gasteiger partial charge in [0.2, 0.25) is 28.3 Å². The maximum Gasteiger partial charge on any atom is 0.407 e. The lowest BCUT2D eigenvalue weighted by Gasteiger charge is -2.35. The van der Waals surface area contributed by atoms with Crippen LogP contribution in [0.3, 0.4) is 0 Å². The molecule has 7 rings (SSSR count). The quantitative estimate of drug-likeness (QED) is 0.313. The molecule has 3 heterocycles. The molecule has 14 nitrogen and oxygen atoms in total. The lowest BCUT2D eigenvalue weighted by atomic mass is 9.85. The first kappa shape index (κ1) is 39.3. The van der Waals surface area contributed by atoms with Crippen LogP contribution in [0.2, 0.25) is 0 Å². The van der Waals surface area contributed by atoms with Gasteiger partial charge in [-0.2, -0.15) is 15.0 Å². The normalized spacial score (nSPS) is 26.0. The number of hydrogen-bond acceptors (Lipinski definition) is 9. The standard InChI is InChI=1S/C39H47F2N7O7S/c1-38(2,3)32-35(50)47-22-26(20-29(47)34(49)43-39(21-28(39)33(40)41)36(51)46-56(53,54)27-16-17-27)48-44-30(24-13-7-4-8-14-24)31(45-48)25-15-10-12-23(19-25)11-6-5-9-18-55-37(52)42-32/h4,7-8,10,12-15,19,26-29,32-33H,5-6,9,11,16-18,20-22H2,1-3H3,(H,42,52)(H,43,49)(H,46,51)/t26?,28-,29-,32+,39-/m0/s1. The first-order valence-electron chi connectivity index (χ1n) is 19.1. The largest absolute Gasteiger partial charge is 0.450 e. The molecule has 0 radical (unpaired) electrons. The molecule has 4 aliphatic rings. The molecule has 1 unspecified atom stereocenters. The topological polar surface area (TPSA) is 182 Å². The summed E-state index contributed by atoms with van der Waals surface area (Å²) < 4.78 is 61.1. The van der Waals surface area contributed by atoms with Crippen molar-refractivity contribution in [2.45, 2.75) is 107 Å². The molecule has 3 fully saturated rings. The first-order chi connectivity index (χ1) is 26.6. The number of aryl methyl sites for hydroxylation is 1. The fraction of sp³-hybridized carbons (Fsp3) is 0.538. The molecule has 3 N–H and O–H groups in total. The van der Waals surface area contributed by atoms with E-state index in [1.54, 1.807) is 20.8 Å². The molecular formula is C39H47F2N7O7S. The second kappa shape index (κ2) is 15.2. The molecule has 2 aliphatic carbocycles. The van der Waals surface area contributed by atoms with Crippen LogP contribution in [0.25, 0.3) is 22.5 Å². The van der Waals surface area contributed by atoms with Crippen LogP contribution < -0.4 is 15.4 Å². The van der Waals surface area contributed by atoms with Crippen molar-refractivity contribution in [3.05, 3.63) is 60.2 Å². The van der Waals surface area contributed by atoms with Crippen molar-refractivity contribution >= 4 is 33.8 Å². The molecule has 2 aliphatic heterocycles. The van der Waals surface area contributed by atoms with Gasteiger partial charge in [-0.15, -0.1) is 0 Å². The monoisotopic (exact) mass is 795 g/mol. The summed E-state index contributed by atoms with van der Waals surface area (Å²) in [6, 6.07) is 14.2. The third-order valence-electron chi connectivity index (χ3n) is 11.1. The fourth-order valence-corrected chi connectivity index (χ4v) is 8.97. The lowest BCUT2D eigenvalue weighted by Crippen LogP contribution is -2.60. The van der Waals surface area contributed by atoms with E-state index < -0.39 is 86.9 Å². The summed E-state index contributed by atoms with van der Waals surface area (Å²) >= 11 is 0. The van der Waals surface area contributed by atoms with Crippen LogP contribution in [0.4, 0.5) is 13.6 Å². The maximum atomic E-state index is 14.6. The van der Waals surface area contributed by atoms with Gasteiger partial charge in [0.05, 0.1) is 23.8 Å². The van der Waals surface area contributed by atoms with E-state index in [4.69, 9.17) is 14.9 Å². The van der Waals surface area contributed by atoms with E-state index in [0.29, 0.717) is 30.7 Å². The van der Waals surface area contributed by atoms with Crippen molar-refractivity contribution in [3.8, 4) is 22.5 Å². The number of halogens is 2. The molecule has 300 valence electrons. The number of amides is 4. The minimum atomic E-state index is -4.13. The smallest absolute Gasteiger partial charge is 0.407 e. The Morgan fingerprint density at radius 1 is 0.982 bits per heavy atom. The van der Waals surface area contributed by atoms with Gasteiger partial charge in [0.15, 0.2) is 0 Å². The van der Waals surface area contributed by atoms with Crippen molar-refractivity contribution in [3.63, 3.8) is 0 Å². The fourth-order valence-electron chi connectivity index (χ4n) is 7.60. The molecule has 56 heavy (non-hydrogen) atoms. The van der Waals surface area contributed by atoms with Gasteiger partial charge in [0, 0.05) is 24.1 Å². The molecule has 0 spiro atoms. The van der Waals surface area contributed by atoms with E-state index in [-0.39, 0.29) is 19.6 Å². The number of aromatic nitrogens is 3. The highest BCUT2D eigenvalue weighted by Gasteiger charge is 2.67. The summed E-state index contributed by atoms with van der Waals surface area (Å²) in [6.07, 6.45) is -0.744. The van der Waals surface area contributed by atoms with E-state index in [2.05, 4.69) is 16.7 Å². The minimum Gasteiger partial charge on any atom is -0.450 e. The molecule has 4 amide bonds. The number of nitrogens with zero attached hydrogens (tertiary/aromatic N) is 4. The SMILES string of the molecule is CC(C)(C)[C@@H]1NC(=O)OCCCCCc2cccc(c2)-c2nn(nc2-c2ccccc2)C2C[C@@H](C(=O)N[C@@]3(C(=O)NS(=O)(=O)C4CC4)C[C@H]3C(F)F)N(C2)C1=O. The average Bonchev–Trinajstić information content (AvgIpc) is 4.05. The van der Waals surface area contributed by atoms with Gasteiger partial charge in [0.1, 0.15) is 29.0 Å². The Kier molecular flexibility index (Phi) is 10.7. The van der Waals surface area contributed by atoms with Crippen LogP contribution >= 0.6 is 0 Å². The predicted molar refractivity (Wildman–Crippen MR) is 200 cm³/mol. The number of alkyl carbamates (subject to hydrolysis) is 1. The number of fused-ring (bicyclic) bond motifs is 8. The van der Waals surface area contributed by atoms with Gasteiger partial charge in [-0.05, 0) is 62.0 Å². The van der Waals surface area contributed by atoms with Gasteiger partial charge >= 0.3 is 6.09 Å². The van der Waals surface area contributed by atoms with Gasteiger partial charge < -0.3 is 20.3 Å². The van der Waals surface area contributed by atoms with E-state index in [1.807, 2.05) is 53.3 Å². The Hall–Kier alpha value is -4.93. The number of sulfonamides is 1. The Morgan fingerprint density at radius 3 is 2.34 bits per heavy atom. The molecule has 1 saturated heterocycles. The van der Waals surface area contributed by atoms with E-state index in [9.17, 15) is 36.4 Å². The summed E-state index contributed by atoms with van der Waals surface area (Å²) in [6.45, 7) is 5.24. The first-order valence-corrected chi connectivity index (χ1v) is 20.6. The third kappa shape index (κ3) is 8.13. The zero-order valence-electron chi connectivity index (χ0n) is 31.5. The van der Waals surface area contributed by atoms with Crippen LogP contribution in [-0.2, 0) is 35.6 Å². The van der Waals surface area contributed by atoms with E-state index in [0.717, 1.165) is 36.0 Å². The number of alkyl halides is 2. The van der Waals surface area contributed by atoms with Crippen molar-refractivity contribution < 1.29 is 41.1 Å². The van der Waals surface area contributed by atoms with Crippen LogP contribution in [0, 0.1) is 11.3 Å². The maximum absolute atomic E-state index is 14.6. The Bertz CT molecular complexity index is 2100. The highest BCUT2D eigenvalue weighted by Crippen LogP contribution is 2.49. The number of ether oxygens (including phenoxy) is 1. The highest BCUT2D eigenvalue weighted by atomic mass is 32.2. The predicted octanol–water partition coefficient (Wildman–Crippen LogP) is 4.37. The van der Waals surface area contributed by atoms with Crippen LogP contribution in [-0.4, -0.2) is 94.6 Å². The van der Waals surface area contributed by atoms with Crippen LogP contribution in [0.15, 0.2) is 54.6 Å². The van der Waals surface area contributed by atoms with E-state index >= 15 is 0 Å². The number of rotatable bonds is 7.